The Bertz CT molecular complexity index is 750. The minimum Gasteiger partial charge on any atom is -0.465 e. The lowest BCUT2D eigenvalue weighted by molar-refractivity contribution is 0.0602. The molecule has 0 aliphatic rings. The highest BCUT2D eigenvalue weighted by Gasteiger charge is 2.27. The number of carbonyl (C=O) groups excluding carboxylic acids is 1. The molecule has 0 aliphatic carbocycles. The fraction of sp³-hybridized carbons (Fsp3) is 0.200. The molecule has 108 valence electrons. The molecule has 2 aromatic rings. The quantitative estimate of drug-likeness (QED) is 0.860. The number of hydrogen-bond acceptors (Lipinski definition) is 7. The highest BCUT2D eigenvalue weighted by atomic mass is 35.5. The van der Waals surface area contributed by atoms with Gasteiger partial charge in [-0.15, -0.1) is 11.3 Å². The predicted molar refractivity (Wildman–Crippen MR) is 72.7 cm³/mol. The van der Waals surface area contributed by atoms with Gasteiger partial charge in [0.25, 0.3) is 15.9 Å². The van der Waals surface area contributed by atoms with Crippen molar-refractivity contribution in [2.24, 2.45) is 0 Å². The van der Waals surface area contributed by atoms with Crippen LogP contribution in [0.1, 0.15) is 15.4 Å². The Labute approximate surface area is 123 Å². The molecule has 2 aromatic heterocycles. The van der Waals surface area contributed by atoms with E-state index < -0.39 is 16.0 Å². The van der Waals surface area contributed by atoms with E-state index in [0.717, 1.165) is 11.3 Å². The zero-order valence-corrected chi connectivity index (χ0v) is 12.7. The summed E-state index contributed by atoms with van der Waals surface area (Å²) in [6.07, 6.45) is 0. The van der Waals surface area contributed by atoms with E-state index in [9.17, 15) is 13.2 Å². The molecule has 0 saturated carbocycles. The van der Waals surface area contributed by atoms with Crippen LogP contribution in [0.15, 0.2) is 20.9 Å². The molecule has 0 unspecified atom stereocenters. The average Bonchev–Trinajstić information content (AvgIpc) is 3.00. The lowest BCUT2D eigenvalue weighted by Crippen LogP contribution is -2.15. The predicted octanol–water partition coefficient (Wildman–Crippen LogP) is 2.29. The van der Waals surface area contributed by atoms with Crippen LogP contribution in [0, 0.1) is 6.92 Å². The van der Waals surface area contributed by atoms with Gasteiger partial charge < -0.3 is 9.26 Å². The molecule has 0 aromatic carbocycles. The van der Waals surface area contributed by atoms with E-state index in [-0.39, 0.29) is 20.7 Å². The number of aryl methyl sites for hydroxylation is 1. The van der Waals surface area contributed by atoms with E-state index in [1.165, 1.54) is 18.6 Å². The third-order valence-electron chi connectivity index (χ3n) is 2.31. The zero-order chi connectivity index (χ0) is 14.9. The van der Waals surface area contributed by atoms with Crippen LogP contribution in [-0.4, -0.2) is 26.7 Å². The molecule has 20 heavy (non-hydrogen) atoms. The summed E-state index contributed by atoms with van der Waals surface area (Å²) in [6, 6.07) is 1.29. The number of aromatic nitrogens is 1. The minimum absolute atomic E-state index is 0.0349. The summed E-state index contributed by atoms with van der Waals surface area (Å²) in [4.78, 5) is 11.3. The molecule has 0 atom stereocenters. The van der Waals surface area contributed by atoms with Gasteiger partial charge in [0, 0.05) is 0 Å². The van der Waals surface area contributed by atoms with Gasteiger partial charge in [-0.2, -0.15) is 0 Å². The first-order chi connectivity index (χ1) is 9.36. The van der Waals surface area contributed by atoms with Crippen molar-refractivity contribution in [3.63, 3.8) is 0 Å². The highest BCUT2D eigenvalue weighted by molar-refractivity contribution is 7.93. The molecule has 2 rings (SSSR count). The van der Waals surface area contributed by atoms with E-state index in [2.05, 4.69) is 14.6 Å². The number of rotatable bonds is 4. The van der Waals surface area contributed by atoms with Crippen molar-refractivity contribution in [3.05, 3.63) is 27.0 Å². The number of esters is 1. The maximum Gasteiger partial charge on any atom is 0.349 e. The lowest BCUT2D eigenvalue weighted by Gasteiger charge is -2.05. The number of methoxy groups -OCH3 is 1. The molecule has 0 saturated heterocycles. The SMILES string of the molecule is COC(=O)c1sccc1S(=O)(=O)Nc1onc(C)c1Cl. The van der Waals surface area contributed by atoms with Crippen molar-refractivity contribution in [3.8, 4) is 0 Å². The number of anilines is 1. The van der Waals surface area contributed by atoms with Crippen molar-refractivity contribution in [1.82, 2.24) is 5.16 Å². The van der Waals surface area contributed by atoms with E-state index >= 15 is 0 Å². The van der Waals surface area contributed by atoms with Gasteiger partial charge in [0.15, 0.2) is 0 Å². The van der Waals surface area contributed by atoms with E-state index in [4.69, 9.17) is 16.1 Å². The summed E-state index contributed by atoms with van der Waals surface area (Å²) in [7, 11) is -2.85. The topological polar surface area (TPSA) is 98.5 Å². The molecular weight excluding hydrogens is 328 g/mol. The summed E-state index contributed by atoms with van der Waals surface area (Å²) in [5.74, 6) is -0.939. The van der Waals surface area contributed by atoms with Crippen LogP contribution in [0.3, 0.4) is 0 Å². The van der Waals surface area contributed by atoms with Gasteiger partial charge in [0.2, 0.25) is 0 Å². The molecule has 2 heterocycles. The second-order valence-electron chi connectivity index (χ2n) is 3.62. The van der Waals surface area contributed by atoms with Gasteiger partial charge in [-0.05, 0) is 18.4 Å². The van der Waals surface area contributed by atoms with Crippen molar-refractivity contribution in [1.29, 1.82) is 0 Å². The zero-order valence-electron chi connectivity index (χ0n) is 10.3. The first kappa shape index (κ1) is 14.8. The van der Waals surface area contributed by atoms with E-state index in [1.54, 1.807) is 6.92 Å². The van der Waals surface area contributed by atoms with Crippen molar-refractivity contribution >= 4 is 44.8 Å². The second-order valence-corrected chi connectivity index (χ2v) is 6.57. The smallest absolute Gasteiger partial charge is 0.349 e. The summed E-state index contributed by atoms with van der Waals surface area (Å²) in [6.45, 7) is 1.56. The maximum atomic E-state index is 12.2. The van der Waals surface area contributed by atoms with Crippen LogP contribution in [0.2, 0.25) is 5.02 Å². The first-order valence-electron chi connectivity index (χ1n) is 5.17. The van der Waals surface area contributed by atoms with Gasteiger partial charge in [-0.1, -0.05) is 16.8 Å². The summed E-state index contributed by atoms with van der Waals surface area (Å²) in [5.41, 5.74) is 0.350. The van der Waals surface area contributed by atoms with Crippen LogP contribution in [0.4, 0.5) is 5.88 Å². The monoisotopic (exact) mass is 336 g/mol. The average molecular weight is 337 g/mol. The number of nitrogens with one attached hydrogen (secondary N) is 1. The molecule has 0 radical (unpaired) electrons. The first-order valence-corrected chi connectivity index (χ1v) is 7.91. The molecule has 1 N–H and O–H groups in total. The Hall–Kier alpha value is -1.58. The number of carbonyl (C=O) groups is 1. The number of thiophene rings is 1. The molecule has 0 aliphatic heterocycles. The van der Waals surface area contributed by atoms with Gasteiger partial charge in [-0.25, -0.2) is 17.9 Å². The number of nitrogens with zero attached hydrogens (tertiary/aromatic N) is 1. The fourth-order valence-corrected chi connectivity index (χ4v) is 3.85. The summed E-state index contributed by atoms with van der Waals surface area (Å²) < 4.78 is 35.8. The Kier molecular flexibility index (Phi) is 4.02. The molecule has 0 amide bonds. The molecule has 7 nitrogen and oxygen atoms in total. The van der Waals surface area contributed by atoms with E-state index in [0.29, 0.717) is 5.69 Å². The Morgan fingerprint density at radius 2 is 2.25 bits per heavy atom. The number of ether oxygens (including phenoxy) is 1. The number of sulfonamides is 1. The summed E-state index contributed by atoms with van der Waals surface area (Å²) in [5, 5.41) is 5.06. The Balaban J connectivity index is 2.39. The van der Waals surface area contributed by atoms with Crippen LogP contribution in [-0.2, 0) is 14.8 Å². The molecule has 10 heteroatoms. The number of halogens is 1. The second kappa shape index (κ2) is 5.43. The van der Waals surface area contributed by atoms with Gasteiger partial charge in [0.1, 0.15) is 20.5 Å². The summed E-state index contributed by atoms with van der Waals surface area (Å²) >= 11 is 6.79. The standard InChI is InChI=1S/C10H9ClN2O5S2/c1-5-7(11)9(18-12-5)13-20(15,16)6-3-4-19-8(6)10(14)17-2/h3-4,13H,1-2H3. The fourth-order valence-electron chi connectivity index (χ4n) is 1.35. The highest BCUT2D eigenvalue weighted by Crippen LogP contribution is 2.29. The van der Waals surface area contributed by atoms with Gasteiger partial charge >= 0.3 is 5.97 Å². The largest absolute Gasteiger partial charge is 0.465 e. The van der Waals surface area contributed by atoms with E-state index in [1.807, 2.05) is 0 Å². The molecule has 0 bridgehead atoms. The Morgan fingerprint density at radius 3 is 2.80 bits per heavy atom. The van der Waals surface area contributed by atoms with Crippen molar-refractivity contribution in [2.75, 3.05) is 11.8 Å². The minimum atomic E-state index is -4.02. The van der Waals surface area contributed by atoms with Gasteiger partial charge in [-0.3, -0.25) is 0 Å². The molecular formula is C10H9ClN2O5S2. The third kappa shape index (κ3) is 2.65. The molecule has 0 spiro atoms. The van der Waals surface area contributed by atoms with Crippen molar-refractivity contribution in [2.45, 2.75) is 11.8 Å². The molecule has 0 fully saturated rings. The van der Waals surface area contributed by atoms with Gasteiger partial charge in [0.05, 0.1) is 7.11 Å². The third-order valence-corrected chi connectivity index (χ3v) is 5.15. The lowest BCUT2D eigenvalue weighted by atomic mass is 10.5. The Morgan fingerprint density at radius 1 is 1.55 bits per heavy atom. The maximum absolute atomic E-state index is 12.2. The number of hydrogen-bond donors (Lipinski definition) is 1. The van der Waals surface area contributed by atoms with Crippen molar-refractivity contribution < 1.29 is 22.5 Å². The van der Waals surface area contributed by atoms with Crippen LogP contribution in [0.25, 0.3) is 0 Å². The van der Waals surface area contributed by atoms with Crippen LogP contribution < -0.4 is 4.72 Å². The van der Waals surface area contributed by atoms with Crippen LogP contribution in [0.5, 0.6) is 0 Å². The van der Waals surface area contributed by atoms with Crippen LogP contribution >= 0.6 is 22.9 Å². The normalized spacial score (nSPS) is 11.3.